The van der Waals surface area contributed by atoms with E-state index in [9.17, 15) is 9.59 Å². The molecule has 0 atom stereocenters. The van der Waals surface area contributed by atoms with Gasteiger partial charge in [0.2, 0.25) is 0 Å². The average Bonchev–Trinajstić information content (AvgIpc) is 2.56. The lowest BCUT2D eigenvalue weighted by atomic mass is 9.88. The summed E-state index contributed by atoms with van der Waals surface area (Å²) >= 11 is 0. The van der Waals surface area contributed by atoms with Crippen molar-refractivity contribution in [1.29, 1.82) is 0 Å². The zero-order valence-corrected chi connectivity index (χ0v) is 12.3. The Kier molecular flexibility index (Phi) is 5.72. The van der Waals surface area contributed by atoms with Crippen molar-refractivity contribution in [2.24, 2.45) is 0 Å². The largest absolute Gasteiger partial charge is 0.465 e. The summed E-state index contributed by atoms with van der Waals surface area (Å²) in [5.41, 5.74) is 2.29. The number of amides is 1. The molecule has 0 aliphatic carbocycles. The van der Waals surface area contributed by atoms with E-state index in [1.54, 1.807) is 0 Å². The minimum atomic E-state index is -1.06. The Morgan fingerprint density at radius 3 is 1.91 bits per heavy atom. The van der Waals surface area contributed by atoms with E-state index in [1.165, 1.54) is 0 Å². The minimum Gasteiger partial charge on any atom is -0.465 e. The molecule has 0 aromatic heterocycles. The van der Waals surface area contributed by atoms with Gasteiger partial charge in [0.15, 0.2) is 0 Å². The van der Waals surface area contributed by atoms with E-state index in [2.05, 4.69) is 0 Å². The number of carboxylic acid groups (broad SMARTS) is 1. The van der Waals surface area contributed by atoms with E-state index < -0.39 is 6.09 Å². The zero-order valence-electron chi connectivity index (χ0n) is 12.3. The fourth-order valence-corrected chi connectivity index (χ4v) is 2.54. The standard InChI is InChI=1S/C18H19NO3/c20-14-13-19(18(21)22)12-11-17(15-7-3-1-4-8-15)16-9-5-2-6-10-16/h1-10,14,17H,11-13H2,(H,21,22). The number of hydrogen-bond acceptors (Lipinski definition) is 2. The van der Waals surface area contributed by atoms with Gasteiger partial charge in [-0.3, -0.25) is 0 Å². The lowest BCUT2D eigenvalue weighted by Gasteiger charge is -2.22. The summed E-state index contributed by atoms with van der Waals surface area (Å²) in [5.74, 6) is 0.107. The van der Waals surface area contributed by atoms with E-state index in [-0.39, 0.29) is 12.5 Å². The summed E-state index contributed by atoms with van der Waals surface area (Å²) in [6.07, 6.45) is 0.189. The molecule has 114 valence electrons. The van der Waals surface area contributed by atoms with Gasteiger partial charge in [0, 0.05) is 12.5 Å². The number of benzene rings is 2. The number of nitrogens with zero attached hydrogens (tertiary/aromatic N) is 1. The molecular weight excluding hydrogens is 278 g/mol. The quantitative estimate of drug-likeness (QED) is 0.797. The van der Waals surface area contributed by atoms with Crippen LogP contribution >= 0.6 is 0 Å². The Hall–Kier alpha value is -2.62. The van der Waals surface area contributed by atoms with Crippen LogP contribution in [0.25, 0.3) is 0 Å². The molecule has 0 bridgehead atoms. The fraction of sp³-hybridized carbons (Fsp3) is 0.222. The normalized spacial score (nSPS) is 10.4. The van der Waals surface area contributed by atoms with Crippen LogP contribution in [0.5, 0.6) is 0 Å². The summed E-state index contributed by atoms with van der Waals surface area (Å²) < 4.78 is 0. The average molecular weight is 297 g/mol. The van der Waals surface area contributed by atoms with Gasteiger partial charge in [0.25, 0.3) is 0 Å². The third-order valence-electron chi connectivity index (χ3n) is 3.66. The van der Waals surface area contributed by atoms with Crippen LogP contribution in [0.15, 0.2) is 60.7 Å². The molecule has 0 heterocycles. The molecule has 0 fully saturated rings. The van der Waals surface area contributed by atoms with Crippen LogP contribution in [0.2, 0.25) is 0 Å². The molecular formula is C18H19NO3. The van der Waals surface area contributed by atoms with E-state index >= 15 is 0 Å². The number of carbonyl (C=O) groups is 2. The Balaban J connectivity index is 2.19. The van der Waals surface area contributed by atoms with Gasteiger partial charge in [0.05, 0.1) is 6.54 Å². The van der Waals surface area contributed by atoms with Crippen LogP contribution in [0, 0.1) is 0 Å². The highest BCUT2D eigenvalue weighted by atomic mass is 16.4. The highest BCUT2D eigenvalue weighted by molar-refractivity contribution is 5.69. The van der Waals surface area contributed by atoms with Crippen molar-refractivity contribution in [3.8, 4) is 0 Å². The number of hydrogen-bond donors (Lipinski definition) is 1. The Morgan fingerprint density at radius 2 is 1.50 bits per heavy atom. The molecule has 2 rings (SSSR count). The number of carbonyl (C=O) groups excluding carboxylic acids is 1. The van der Waals surface area contributed by atoms with Gasteiger partial charge in [-0.2, -0.15) is 0 Å². The van der Waals surface area contributed by atoms with Gasteiger partial charge in [-0.25, -0.2) is 4.79 Å². The molecule has 0 unspecified atom stereocenters. The molecule has 0 aliphatic heterocycles. The van der Waals surface area contributed by atoms with E-state index in [4.69, 9.17) is 5.11 Å². The van der Waals surface area contributed by atoms with Crippen molar-refractivity contribution < 1.29 is 14.7 Å². The molecule has 2 aromatic rings. The van der Waals surface area contributed by atoms with Crippen LogP contribution in [-0.4, -0.2) is 35.5 Å². The van der Waals surface area contributed by atoms with Gasteiger partial charge in [0.1, 0.15) is 6.29 Å². The van der Waals surface area contributed by atoms with Gasteiger partial charge in [-0.05, 0) is 17.5 Å². The first kappa shape index (κ1) is 15.8. The van der Waals surface area contributed by atoms with Crippen molar-refractivity contribution in [3.63, 3.8) is 0 Å². The van der Waals surface area contributed by atoms with Crippen LogP contribution in [0.1, 0.15) is 23.5 Å². The van der Waals surface area contributed by atoms with E-state index in [0.29, 0.717) is 19.3 Å². The van der Waals surface area contributed by atoms with Crippen LogP contribution in [0.4, 0.5) is 4.79 Å². The molecule has 0 saturated carbocycles. The predicted octanol–water partition coefficient (Wildman–Crippen LogP) is 3.39. The second-order valence-electron chi connectivity index (χ2n) is 5.06. The Labute approximate surface area is 130 Å². The van der Waals surface area contributed by atoms with Crippen LogP contribution in [-0.2, 0) is 4.79 Å². The van der Waals surface area contributed by atoms with Crippen molar-refractivity contribution in [3.05, 3.63) is 71.8 Å². The smallest absolute Gasteiger partial charge is 0.407 e. The van der Waals surface area contributed by atoms with E-state index in [0.717, 1.165) is 16.0 Å². The lowest BCUT2D eigenvalue weighted by molar-refractivity contribution is -0.108. The molecule has 0 radical (unpaired) electrons. The Bertz CT molecular complexity index is 559. The fourth-order valence-electron chi connectivity index (χ4n) is 2.54. The Morgan fingerprint density at radius 1 is 1.00 bits per heavy atom. The van der Waals surface area contributed by atoms with Crippen molar-refractivity contribution in [2.75, 3.05) is 13.1 Å². The summed E-state index contributed by atoms with van der Waals surface area (Å²) in [6, 6.07) is 20.0. The highest BCUT2D eigenvalue weighted by Crippen LogP contribution is 2.28. The van der Waals surface area contributed by atoms with Crippen molar-refractivity contribution >= 4 is 12.4 Å². The lowest BCUT2D eigenvalue weighted by Crippen LogP contribution is -2.33. The van der Waals surface area contributed by atoms with Gasteiger partial charge < -0.3 is 14.8 Å². The second-order valence-corrected chi connectivity index (χ2v) is 5.06. The molecule has 0 spiro atoms. The molecule has 22 heavy (non-hydrogen) atoms. The summed E-state index contributed by atoms with van der Waals surface area (Å²) in [5, 5.41) is 9.13. The molecule has 4 heteroatoms. The topological polar surface area (TPSA) is 57.6 Å². The van der Waals surface area contributed by atoms with Crippen molar-refractivity contribution in [1.82, 2.24) is 4.90 Å². The molecule has 0 saturated heterocycles. The van der Waals surface area contributed by atoms with Crippen LogP contribution < -0.4 is 0 Å². The maximum Gasteiger partial charge on any atom is 0.407 e. The summed E-state index contributed by atoms with van der Waals surface area (Å²) in [4.78, 5) is 22.9. The highest BCUT2D eigenvalue weighted by Gasteiger charge is 2.17. The monoisotopic (exact) mass is 297 g/mol. The first-order valence-electron chi connectivity index (χ1n) is 7.23. The first-order valence-corrected chi connectivity index (χ1v) is 7.23. The molecule has 1 amide bonds. The van der Waals surface area contributed by atoms with Gasteiger partial charge in [-0.15, -0.1) is 0 Å². The number of rotatable bonds is 7. The number of aldehydes is 1. The summed E-state index contributed by atoms with van der Waals surface area (Å²) in [7, 11) is 0. The SMILES string of the molecule is O=CCN(CCC(c1ccccc1)c1ccccc1)C(=O)O. The molecule has 0 aliphatic rings. The first-order chi connectivity index (χ1) is 10.7. The minimum absolute atomic E-state index is 0.0916. The zero-order chi connectivity index (χ0) is 15.8. The predicted molar refractivity (Wildman–Crippen MR) is 85.0 cm³/mol. The van der Waals surface area contributed by atoms with Crippen molar-refractivity contribution in [2.45, 2.75) is 12.3 Å². The van der Waals surface area contributed by atoms with E-state index in [1.807, 2.05) is 60.7 Å². The second kappa shape index (κ2) is 7.98. The molecule has 1 N–H and O–H groups in total. The van der Waals surface area contributed by atoms with Gasteiger partial charge in [-0.1, -0.05) is 60.7 Å². The van der Waals surface area contributed by atoms with Crippen LogP contribution in [0.3, 0.4) is 0 Å². The summed E-state index contributed by atoms with van der Waals surface area (Å²) in [6.45, 7) is 0.230. The third-order valence-corrected chi connectivity index (χ3v) is 3.66. The third kappa shape index (κ3) is 4.19. The van der Waals surface area contributed by atoms with Gasteiger partial charge >= 0.3 is 6.09 Å². The molecule has 4 nitrogen and oxygen atoms in total. The maximum absolute atomic E-state index is 11.1. The molecule has 2 aromatic carbocycles. The maximum atomic E-state index is 11.1.